The maximum absolute atomic E-state index is 4.75. The number of aliphatic imine (C=N–C) groups is 1. The van der Waals surface area contributed by atoms with E-state index in [2.05, 4.69) is 55.5 Å². The summed E-state index contributed by atoms with van der Waals surface area (Å²) in [4.78, 5) is 14.0. The summed E-state index contributed by atoms with van der Waals surface area (Å²) in [6, 6.07) is 24.7. The molecule has 2 heterocycles. The SMILES string of the molecule is Cc1nc2cc(N=Cc3nc4ccccc4n3C)ccc2n1Cc1ccccc1. The monoisotopic (exact) mass is 379 g/mol. The van der Waals surface area contributed by atoms with Crippen molar-refractivity contribution in [1.82, 2.24) is 19.1 Å². The molecule has 5 heteroatoms. The van der Waals surface area contributed by atoms with Gasteiger partial charge < -0.3 is 9.13 Å². The largest absolute Gasteiger partial charge is 0.326 e. The summed E-state index contributed by atoms with van der Waals surface area (Å²) < 4.78 is 4.29. The maximum atomic E-state index is 4.75. The van der Waals surface area contributed by atoms with Crippen LogP contribution in [0, 0.1) is 6.92 Å². The van der Waals surface area contributed by atoms with Gasteiger partial charge in [0.2, 0.25) is 0 Å². The molecule has 0 atom stereocenters. The topological polar surface area (TPSA) is 48.0 Å². The zero-order valence-electron chi connectivity index (χ0n) is 16.4. The minimum Gasteiger partial charge on any atom is -0.326 e. The molecule has 0 unspecified atom stereocenters. The number of nitrogens with zero attached hydrogens (tertiary/aromatic N) is 5. The van der Waals surface area contributed by atoms with Crippen LogP contribution in [0.4, 0.5) is 5.69 Å². The van der Waals surface area contributed by atoms with Crippen molar-refractivity contribution in [3.63, 3.8) is 0 Å². The quantitative estimate of drug-likeness (QED) is 0.411. The molecular weight excluding hydrogens is 358 g/mol. The summed E-state index contributed by atoms with van der Waals surface area (Å²) in [5.41, 5.74) is 6.28. The highest BCUT2D eigenvalue weighted by molar-refractivity contribution is 5.87. The second kappa shape index (κ2) is 7.02. The van der Waals surface area contributed by atoms with E-state index in [9.17, 15) is 0 Å². The molecule has 5 aromatic rings. The smallest absolute Gasteiger partial charge is 0.152 e. The predicted molar refractivity (Wildman–Crippen MR) is 118 cm³/mol. The summed E-state index contributed by atoms with van der Waals surface area (Å²) in [6.45, 7) is 2.86. The first-order valence-electron chi connectivity index (χ1n) is 9.65. The van der Waals surface area contributed by atoms with Crippen LogP contribution in [-0.2, 0) is 13.6 Å². The third-order valence-electron chi connectivity index (χ3n) is 5.26. The number of aryl methyl sites for hydroxylation is 2. The Balaban J connectivity index is 1.47. The van der Waals surface area contributed by atoms with Crippen molar-refractivity contribution in [3.05, 3.63) is 90.0 Å². The predicted octanol–water partition coefficient (Wildman–Crippen LogP) is 5.03. The Morgan fingerprint density at radius 1 is 0.862 bits per heavy atom. The lowest BCUT2D eigenvalue weighted by Gasteiger charge is -2.07. The summed E-state index contributed by atoms with van der Waals surface area (Å²) in [5.74, 6) is 1.83. The van der Waals surface area contributed by atoms with Crippen LogP contribution < -0.4 is 0 Å². The molecule has 0 aliphatic heterocycles. The second-order valence-corrected chi connectivity index (χ2v) is 7.18. The van der Waals surface area contributed by atoms with Crippen molar-refractivity contribution >= 4 is 34.0 Å². The van der Waals surface area contributed by atoms with Crippen molar-refractivity contribution in [2.24, 2.45) is 12.0 Å². The van der Waals surface area contributed by atoms with Crippen LogP contribution in [0.3, 0.4) is 0 Å². The van der Waals surface area contributed by atoms with E-state index in [0.29, 0.717) is 0 Å². The van der Waals surface area contributed by atoms with Gasteiger partial charge in [-0.3, -0.25) is 4.99 Å². The molecule has 0 saturated heterocycles. The van der Waals surface area contributed by atoms with Gasteiger partial charge in [0.05, 0.1) is 34.0 Å². The molecule has 0 amide bonds. The van der Waals surface area contributed by atoms with Crippen molar-refractivity contribution in [2.75, 3.05) is 0 Å². The molecule has 0 spiro atoms. The van der Waals surface area contributed by atoms with Crippen LogP contribution in [0.2, 0.25) is 0 Å². The van der Waals surface area contributed by atoms with Gasteiger partial charge in [-0.1, -0.05) is 42.5 Å². The third kappa shape index (κ3) is 3.21. The summed E-state index contributed by atoms with van der Waals surface area (Å²) in [6.07, 6.45) is 1.81. The molecule has 0 aliphatic rings. The van der Waals surface area contributed by atoms with Gasteiger partial charge in [0.15, 0.2) is 5.82 Å². The molecule has 0 fully saturated rings. The lowest BCUT2D eigenvalue weighted by Crippen LogP contribution is -2.01. The zero-order valence-corrected chi connectivity index (χ0v) is 16.4. The Morgan fingerprint density at radius 2 is 1.66 bits per heavy atom. The van der Waals surface area contributed by atoms with Gasteiger partial charge in [-0.05, 0) is 42.8 Å². The first kappa shape index (κ1) is 17.4. The first-order chi connectivity index (χ1) is 14.2. The molecule has 0 N–H and O–H groups in total. The fourth-order valence-electron chi connectivity index (χ4n) is 3.70. The highest BCUT2D eigenvalue weighted by Gasteiger charge is 2.09. The van der Waals surface area contributed by atoms with Crippen molar-refractivity contribution in [3.8, 4) is 0 Å². The average Bonchev–Trinajstić information content (AvgIpc) is 3.23. The molecule has 0 aliphatic carbocycles. The Hall–Kier alpha value is -3.73. The number of para-hydroxylation sites is 2. The number of aromatic nitrogens is 4. The molecule has 5 nitrogen and oxygen atoms in total. The van der Waals surface area contributed by atoms with Crippen LogP contribution in [0.25, 0.3) is 22.1 Å². The molecule has 5 rings (SSSR count). The van der Waals surface area contributed by atoms with Gasteiger partial charge in [0, 0.05) is 13.6 Å². The lowest BCUT2D eigenvalue weighted by atomic mass is 10.2. The second-order valence-electron chi connectivity index (χ2n) is 7.18. The molecular formula is C24H21N5. The minimum atomic E-state index is 0.811. The zero-order chi connectivity index (χ0) is 19.8. The van der Waals surface area contributed by atoms with Gasteiger partial charge in [-0.2, -0.15) is 0 Å². The van der Waals surface area contributed by atoms with E-state index in [0.717, 1.165) is 45.9 Å². The molecule has 0 radical (unpaired) electrons. The van der Waals surface area contributed by atoms with E-state index in [-0.39, 0.29) is 0 Å². The lowest BCUT2D eigenvalue weighted by molar-refractivity contribution is 0.786. The van der Waals surface area contributed by atoms with Crippen molar-refractivity contribution in [1.29, 1.82) is 0 Å². The number of fused-ring (bicyclic) bond motifs is 2. The van der Waals surface area contributed by atoms with Crippen molar-refractivity contribution < 1.29 is 0 Å². The van der Waals surface area contributed by atoms with Crippen LogP contribution in [0.1, 0.15) is 17.2 Å². The summed E-state index contributed by atoms with van der Waals surface area (Å²) in [7, 11) is 2.01. The number of benzene rings is 3. The Bertz CT molecular complexity index is 1340. The average molecular weight is 379 g/mol. The summed E-state index contributed by atoms with van der Waals surface area (Å²) in [5, 5.41) is 0. The number of hydrogen-bond acceptors (Lipinski definition) is 3. The number of imidazole rings is 2. The van der Waals surface area contributed by atoms with Gasteiger partial charge in [-0.25, -0.2) is 9.97 Å². The molecule has 2 aromatic heterocycles. The van der Waals surface area contributed by atoms with E-state index in [1.54, 1.807) is 0 Å². The standard InChI is InChI=1S/C24H21N5/c1-17-26-21-14-19(12-13-23(21)29(17)16-18-8-4-3-5-9-18)25-15-24-27-20-10-6-7-11-22(20)28(24)2/h3-15H,16H2,1-2H3. The van der Waals surface area contributed by atoms with Crippen LogP contribution in [-0.4, -0.2) is 25.3 Å². The van der Waals surface area contributed by atoms with Gasteiger partial charge in [0.1, 0.15) is 5.82 Å². The number of hydrogen-bond donors (Lipinski definition) is 0. The van der Waals surface area contributed by atoms with Gasteiger partial charge in [0.25, 0.3) is 0 Å². The van der Waals surface area contributed by atoms with Gasteiger partial charge >= 0.3 is 0 Å². The molecule has 0 saturated carbocycles. The van der Waals surface area contributed by atoms with E-state index < -0.39 is 0 Å². The van der Waals surface area contributed by atoms with Crippen LogP contribution >= 0.6 is 0 Å². The van der Waals surface area contributed by atoms with Crippen LogP contribution in [0.5, 0.6) is 0 Å². The Labute approximate surface area is 169 Å². The fourth-order valence-corrected chi connectivity index (χ4v) is 3.70. The first-order valence-corrected chi connectivity index (χ1v) is 9.65. The minimum absolute atomic E-state index is 0.811. The third-order valence-corrected chi connectivity index (χ3v) is 5.26. The summed E-state index contributed by atoms with van der Waals surface area (Å²) >= 11 is 0. The molecule has 29 heavy (non-hydrogen) atoms. The molecule has 0 bridgehead atoms. The van der Waals surface area contributed by atoms with E-state index in [1.165, 1.54) is 5.56 Å². The Morgan fingerprint density at radius 3 is 2.48 bits per heavy atom. The Kier molecular flexibility index (Phi) is 4.21. The normalized spacial score (nSPS) is 11.8. The van der Waals surface area contributed by atoms with E-state index in [1.807, 2.05) is 56.6 Å². The number of rotatable bonds is 4. The highest BCUT2D eigenvalue weighted by atomic mass is 15.1. The van der Waals surface area contributed by atoms with Crippen LogP contribution in [0.15, 0.2) is 77.8 Å². The maximum Gasteiger partial charge on any atom is 0.152 e. The van der Waals surface area contributed by atoms with Crippen molar-refractivity contribution in [2.45, 2.75) is 13.5 Å². The van der Waals surface area contributed by atoms with Gasteiger partial charge in [-0.15, -0.1) is 0 Å². The molecule has 3 aromatic carbocycles. The van der Waals surface area contributed by atoms with E-state index in [4.69, 9.17) is 4.98 Å². The highest BCUT2D eigenvalue weighted by Crippen LogP contribution is 2.23. The fraction of sp³-hybridized carbons (Fsp3) is 0.125. The van der Waals surface area contributed by atoms with E-state index >= 15 is 0 Å². The molecule has 142 valence electrons.